The fourth-order valence-corrected chi connectivity index (χ4v) is 1.94. The third kappa shape index (κ3) is 3.95. The molecule has 1 N–H and O–H groups in total. The SMILES string of the molecule is COC(=O)C[C@@H](NC(=O)c1ccoc1)c1ccc(C)cc1. The van der Waals surface area contributed by atoms with Crippen molar-refractivity contribution in [1.82, 2.24) is 5.32 Å². The quantitative estimate of drug-likeness (QED) is 0.858. The van der Waals surface area contributed by atoms with Crippen LogP contribution in [0.4, 0.5) is 0 Å². The molecule has 5 nitrogen and oxygen atoms in total. The number of aryl methyl sites for hydroxylation is 1. The molecule has 2 rings (SSSR count). The second-order valence-corrected chi connectivity index (χ2v) is 4.73. The van der Waals surface area contributed by atoms with Gasteiger partial charge in [-0.05, 0) is 18.6 Å². The maximum atomic E-state index is 12.1. The molecule has 1 atom stereocenters. The summed E-state index contributed by atoms with van der Waals surface area (Å²) in [4.78, 5) is 23.6. The number of hydrogen-bond acceptors (Lipinski definition) is 4. The Kier molecular flexibility index (Phi) is 4.77. The van der Waals surface area contributed by atoms with Crippen molar-refractivity contribution in [2.24, 2.45) is 0 Å². The second-order valence-electron chi connectivity index (χ2n) is 4.73. The fraction of sp³-hybridized carbons (Fsp3) is 0.250. The summed E-state index contributed by atoms with van der Waals surface area (Å²) in [5.74, 6) is -0.675. The predicted octanol–water partition coefficient (Wildman–Crippen LogP) is 2.62. The zero-order valence-corrected chi connectivity index (χ0v) is 12.0. The molecule has 0 fully saturated rings. The summed E-state index contributed by atoms with van der Waals surface area (Å²) >= 11 is 0. The predicted molar refractivity (Wildman–Crippen MR) is 76.7 cm³/mol. The third-order valence-corrected chi connectivity index (χ3v) is 3.17. The van der Waals surface area contributed by atoms with Crippen molar-refractivity contribution >= 4 is 11.9 Å². The number of rotatable bonds is 5. The number of hydrogen-bond donors (Lipinski definition) is 1. The summed E-state index contributed by atoms with van der Waals surface area (Å²) in [5, 5.41) is 2.82. The van der Waals surface area contributed by atoms with Gasteiger partial charge in [0.25, 0.3) is 5.91 Å². The smallest absolute Gasteiger partial charge is 0.307 e. The van der Waals surface area contributed by atoms with Crippen LogP contribution in [0.3, 0.4) is 0 Å². The van der Waals surface area contributed by atoms with Gasteiger partial charge in [0.1, 0.15) is 6.26 Å². The summed E-state index contributed by atoms with van der Waals surface area (Å²) in [7, 11) is 1.33. The van der Waals surface area contributed by atoms with E-state index in [0.717, 1.165) is 11.1 Å². The Morgan fingerprint density at radius 1 is 1.24 bits per heavy atom. The van der Waals surface area contributed by atoms with Gasteiger partial charge in [-0.3, -0.25) is 9.59 Å². The molecule has 1 aromatic heterocycles. The average molecular weight is 287 g/mol. The van der Waals surface area contributed by atoms with E-state index in [1.54, 1.807) is 6.07 Å². The van der Waals surface area contributed by atoms with E-state index in [9.17, 15) is 9.59 Å². The highest BCUT2D eigenvalue weighted by molar-refractivity contribution is 5.94. The fourth-order valence-electron chi connectivity index (χ4n) is 1.94. The highest BCUT2D eigenvalue weighted by atomic mass is 16.5. The summed E-state index contributed by atoms with van der Waals surface area (Å²) in [5.41, 5.74) is 2.37. The number of carbonyl (C=O) groups excluding carboxylic acids is 2. The first-order valence-electron chi connectivity index (χ1n) is 6.56. The Hall–Kier alpha value is -2.56. The van der Waals surface area contributed by atoms with Crippen molar-refractivity contribution in [2.45, 2.75) is 19.4 Å². The molecule has 1 aromatic carbocycles. The van der Waals surface area contributed by atoms with Gasteiger partial charge in [0.05, 0.1) is 31.4 Å². The van der Waals surface area contributed by atoms with E-state index in [-0.39, 0.29) is 18.3 Å². The molecule has 0 unspecified atom stereocenters. The lowest BCUT2D eigenvalue weighted by Crippen LogP contribution is -2.30. The van der Waals surface area contributed by atoms with Crippen LogP contribution in [0.15, 0.2) is 47.3 Å². The van der Waals surface area contributed by atoms with Crippen molar-refractivity contribution in [3.8, 4) is 0 Å². The summed E-state index contributed by atoms with van der Waals surface area (Å²) in [6.45, 7) is 1.98. The van der Waals surface area contributed by atoms with Crippen molar-refractivity contribution in [3.63, 3.8) is 0 Å². The van der Waals surface area contributed by atoms with Gasteiger partial charge in [-0.25, -0.2) is 0 Å². The van der Waals surface area contributed by atoms with E-state index in [1.165, 1.54) is 19.6 Å². The molecule has 1 heterocycles. The van der Waals surface area contributed by atoms with Gasteiger partial charge >= 0.3 is 5.97 Å². The van der Waals surface area contributed by atoms with Crippen molar-refractivity contribution in [3.05, 3.63) is 59.5 Å². The Bertz CT molecular complexity index is 602. The highest BCUT2D eigenvalue weighted by Gasteiger charge is 2.20. The minimum absolute atomic E-state index is 0.0726. The van der Waals surface area contributed by atoms with E-state index >= 15 is 0 Å². The largest absolute Gasteiger partial charge is 0.472 e. The number of esters is 1. The van der Waals surface area contributed by atoms with Gasteiger partial charge in [-0.1, -0.05) is 29.8 Å². The summed E-state index contributed by atoms with van der Waals surface area (Å²) in [6.07, 6.45) is 2.86. The molecular weight excluding hydrogens is 270 g/mol. The number of methoxy groups -OCH3 is 1. The Balaban J connectivity index is 2.17. The minimum Gasteiger partial charge on any atom is -0.472 e. The Labute approximate surface area is 122 Å². The average Bonchev–Trinajstić information content (AvgIpc) is 3.01. The van der Waals surface area contributed by atoms with Crippen molar-refractivity contribution in [1.29, 1.82) is 0 Å². The van der Waals surface area contributed by atoms with Gasteiger partial charge in [0, 0.05) is 0 Å². The van der Waals surface area contributed by atoms with Crippen LogP contribution < -0.4 is 5.32 Å². The molecule has 1 amide bonds. The maximum absolute atomic E-state index is 12.1. The Morgan fingerprint density at radius 3 is 2.52 bits per heavy atom. The number of nitrogens with one attached hydrogen (secondary N) is 1. The first-order chi connectivity index (χ1) is 10.1. The topological polar surface area (TPSA) is 68.5 Å². The van der Waals surface area contributed by atoms with E-state index < -0.39 is 6.04 Å². The monoisotopic (exact) mass is 287 g/mol. The van der Waals surface area contributed by atoms with E-state index in [4.69, 9.17) is 4.42 Å². The lowest BCUT2D eigenvalue weighted by molar-refractivity contribution is -0.141. The highest BCUT2D eigenvalue weighted by Crippen LogP contribution is 2.19. The minimum atomic E-state index is -0.444. The molecule has 0 bridgehead atoms. The first kappa shape index (κ1) is 14.8. The van der Waals surface area contributed by atoms with Gasteiger partial charge in [-0.15, -0.1) is 0 Å². The second kappa shape index (κ2) is 6.74. The normalized spacial score (nSPS) is 11.7. The van der Waals surface area contributed by atoms with Gasteiger partial charge in [-0.2, -0.15) is 0 Å². The zero-order valence-electron chi connectivity index (χ0n) is 12.0. The third-order valence-electron chi connectivity index (χ3n) is 3.17. The lowest BCUT2D eigenvalue weighted by atomic mass is 10.0. The molecule has 0 radical (unpaired) electrons. The summed E-state index contributed by atoms with van der Waals surface area (Å²) in [6, 6.07) is 8.77. The van der Waals surface area contributed by atoms with Crippen molar-refractivity contribution in [2.75, 3.05) is 7.11 Å². The van der Waals surface area contributed by atoms with Crippen LogP contribution in [-0.4, -0.2) is 19.0 Å². The molecule has 0 saturated heterocycles. The first-order valence-corrected chi connectivity index (χ1v) is 6.56. The van der Waals surface area contributed by atoms with E-state index in [1.807, 2.05) is 31.2 Å². The van der Waals surface area contributed by atoms with Crippen LogP contribution >= 0.6 is 0 Å². The Morgan fingerprint density at radius 2 is 1.95 bits per heavy atom. The van der Waals surface area contributed by atoms with E-state index in [0.29, 0.717) is 5.56 Å². The van der Waals surface area contributed by atoms with Crippen LogP contribution in [0.25, 0.3) is 0 Å². The number of benzene rings is 1. The van der Waals surface area contributed by atoms with Crippen LogP contribution in [0.1, 0.15) is 33.9 Å². The number of carbonyl (C=O) groups is 2. The van der Waals surface area contributed by atoms with E-state index in [2.05, 4.69) is 10.1 Å². The molecule has 2 aromatic rings. The molecule has 0 aliphatic carbocycles. The van der Waals surface area contributed by atoms with Crippen LogP contribution in [-0.2, 0) is 9.53 Å². The van der Waals surface area contributed by atoms with Crippen LogP contribution in [0, 0.1) is 6.92 Å². The number of furan rings is 1. The van der Waals surface area contributed by atoms with Crippen LogP contribution in [0.5, 0.6) is 0 Å². The number of amides is 1. The van der Waals surface area contributed by atoms with Gasteiger partial charge in [0.2, 0.25) is 0 Å². The van der Waals surface area contributed by atoms with Crippen molar-refractivity contribution < 1.29 is 18.7 Å². The molecule has 21 heavy (non-hydrogen) atoms. The molecule has 0 saturated carbocycles. The van der Waals surface area contributed by atoms with Gasteiger partial charge in [0.15, 0.2) is 0 Å². The molecule has 0 aliphatic rings. The molecule has 110 valence electrons. The molecule has 5 heteroatoms. The lowest BCUT2D eigenvalue weighted by Gasteiger charge is -2.18. The summed E-state index contributed by atoms with van der Waals surface area (Å²) < 4.78 is 9.58. The maximum Gasteiger partial charge on any atom is 0.307 e. The standard InChI is InChI=1S/C16H17NO4/c1-11-3-5-12(6-4-11)14(9-15(18)20-2)17-16(19)13-7-8-21-10-13/h3-8,10,14H,9H2,1-2H3,(H,17,19)/t14-/m1/s1. The number of ether oxygens (including phenoxy) is 1. The van der Waals surface area contributed by atoms with Gasteiger partial charge < -0.3 is 14.5 Å². The molecular formula is C16H17NO4. The van der Waals surface area contributed by atoms with Crippen LogP contribution in [0.2, 0.25) is 0 Å². The zero-order chi connectivity index (χ0) is 15.2. The molecule has 0 aliphatic heterocycles. The molecule has 0 spiro atoms.